The molecule has 0 saturated heterocycles. The maximum absolute atomic E-state index is 12.8. The topological polar surface area (TPSA) is 89.5 Å². The number of amides is 1. The van der Waals surface area contributed by atoms with Gasteiger partial charge >= 0.3 is 0 Å². The molecule has 3 heterocycles. The summed E-state index contributed by atoms with van der Waals surface area (Å²) >= 11 is 1.46. The van der Waals surface area contributed by atoms with E-state index in [0.29, 0.717) is 17.1 Å². The SMILES string of the molecule is CC(=O)C(C(C)=O)N1C(=O)C(C)Oc2ccc(-c3csc(-c4ccccn4)n3)cc21. The first-order valence-electron chi connectivity index (χ1n) is 9.39. The summed E-state index contributed by atoms with van der Waals surface area (Å²) in [6, 6.07) is 9.75. The molecule has 30 heavy (non-hydrogen) atoms. The Kier molecular flexibility index (Phi) is 5.17. The van der Waals surface area contributed by atoms with E-state index in [0.717, 1.165) is 16.3 Å². The van der Waals surface area contributed by atoms with E-state index in [2.05, 4.69) is 9.97 Å². The second-order valence-electron chi connectivity index (χ2n) is 7.03. The number of aromatic nitrogens is 2. The third-order valence-electron chi connectivity index (χ3n) is 4.82. The van der Waals surface area contributed by atoms with E-state index in [1.165, 1.54) is 30.1 Å². The fourth-order valence-corrected chi connectivity index (χ4v) is 4.25. The molecule has 0 radical (unpaired) electrons. The van der Waals surface area contributed by atoms with Crippen molar-refractivity contribution in [2.75, 3.05) is 4.90 Å². The fraction of sp³-hybridized carbons (Fsp3) is 0.227. The molecule has 152 valence electrons. The van der Waals surface area contributed by atoms with Gasteiger partial charge in [0.1, 0.15) is 10.8 Å². The number of carbonyl (C=O) groups excluding carboxylic acids is 3. The Morgan fingerprint density at radius 2 is 1.90 bits per heavy atom. The Morgan fingerprint density at radius 3 is 2.57 bits per heavy atom. The van der Waals surface area contributed by atoms with E-state index in [1.54, 1.807) is 25.3 Å². The molecule has 0 N–H and O–H groups in total. The van der Waals surface area contributed by atoms with Crippen molar-refractivity contribution in [2.24, 2.45) is 0 Å². The third kappa shape index (κ3) is 3.50. The Balaban J connectivity index is 1.78. The second kappa shape index (κ2) is 7.79. The molecule has 7 nitrogen and oxygen atoms in total. The number of hydrogen-bond donors (Lipinski definition) is 0. The van der Waals surface area contributed by atoms with Gasteiger partial charge in [-0.15, -0.1) is 11.3 Å². The molecular weight excluding hydrogens is 402 g/mol. The zero-order valence-electron chi connectivity index (χ0n) is 16.7. The van der Waals surface area contributed by atoms with Crippen LogP contribution in [0.3, 0.4) is 0 Å². The summed E-state index contributed by atoms with van der Waals surface area (Å²) in [4.78, 5) is 47.5. The second-order valence-corrected chi connectivity index (χ2v) is 7.89. The van der Waals surface area contributed by atoms with Crippen molar-refractivity contribution in [1.82, 2.24) is 9.97 Å². The van der Waals surface area contributed by atoms with E-state index in [4.69, 9.17) is 4.74 Å². The van der Waals surface area contributed by atoms with Crippen LogP contribution < -0.4 is 9.64 Å². The third-order valence-corrected chi connectivity index (χ3v) is 5.68. The zero-order chi connectivity index (χ0) is 21.4. The number of rotatable bonds is 5. The van der Waals surface area contributed by atoms with Crippen molar-refractivity contribution >= 4 is 34.5 Å². The molecule has 1 aromatic carbocycles. The normalized spacial score (nSPS) is 15.7. The van der Waals surface area contributed by atoms with Gasteiger partial charge in [-0.05, 0) is 51.1 Å². The number of carbonyl (C=O) groups is 3. The number of ether oxygens (including phenoxy) is 1. The molecule has 0 fully saturated rings. The summed E-state index contributed by atoms with van der Waals surface area (Å²) in [6.07, 6.45) is 0.917. The number of benzene rings is 1. The fourth-order valence-electron chi connectivity index (χ4n) is 3.45. The van der Waals surface area contributed by atoms with E-state index >= 15 is 0 Å². The summed E-state index contributed by atoms with van der Waals surface area (Å²) in [5.74, 6) is -0.777. The average molecular weight is 421 g/mol. The predicted octanol–water partition coefficient (Wildman–Crippen LogP) is 3.53. The highest BCUT2D eigenvalue weighted by atomic mass is 32.1. The lowest BCUT2D eigenvalue weighted by atomic mass is 10.0. The van der Waals surface area contributed by atoms with E-state index in [-0.39, 0.29) is 0 Å². The molecule has 0 saturated carbocycles. The van der Waals surface area contributed by atoms with Gasteiger partial charge in [0.25, 0.3) is 5.91 Å². The molecule has 8 heteroatoms. The highest BCUT2D eigenvalue weighted by molar-refractivity contribution is 7.13. The molecule has 1 aliphatic rings. The zero-order valence-corrected chi connectivity index (χ0v) is 17.5. The average Bonchev–Trinajstić information content (AvgIpc) is 3.21. The number of Topliss-reactive ketones (excluding diaryl/α,β-unsaturated/α-hetero) is 2. The Labute approximate surface area is 177 Å². The minimum absolute atomic E-state index is 0.387. The number of anilines is 1. The van der Waals surface area contributed by atoms with Gasteiger partial charge in [-0.1, -0.05) is 6.07 Å². The summed E-state index contributed by atoms with van der Waals surface area (Å²) < 4.78 is 5.71. The standard InChI is InChI=1S/C22H19N3O4S/c1-12(26)20(13(2)27)25-18-10-15(7-8-19(18)29-14(3)22(25)28)17-11-30-21(24-17)16-6-4-5-9-23-16/h4-11,14,20H,1-3H3. The van der Waals surface area contributed by atoms with Crippen molar-refractivity contribution in [2.45, 2.75) is 32.9 Å². The molecule has 1 amide bonds. The lowest BCUT2D eigenvalue weighted by molar-refractivity contribution is -0.133. The van der Waals surface area contributed by atoms with Gasteiger partial charge in [0.15, 0.2) is 23.7 Å². The van der Waals surface area contributed by atoms with Crippen LogP contribution >= 0.6 is 11.3 Å². The van der Waals surface area contributed by atoms with Gasteiger partial charge in [-0.2, -0.15) is 0 Å². The van der Waals surface area contributed by atoms with Crippen LogP contribution in [0.15, 0.2) is 48.0 Å². The Morgan fingerprint density at radius 1 is 1.13 bits per heavy atom. The van der Waals surface area contributed by atoms with Crippen molar-refractivity contribution in [3.05, 3.63) is 48.0 Å². The first-order chi connectivity index (χ1) is 14.4. The van der Waals surface area contributed by atoms with Crippen LogP contribution in [-0.4, -0.2) is 39.6 Å². The number of thiazole rings is 1. The van der Waals surface area contributed by atoms with Gasteiger partial charge in [0.2, 0.25) is 0 Å². The van der Waals surface area contributed by atoms with Gasteiger partial charge in [0.05, 0.1) is 17.1 Å². The van der Waals surface area contributed by atoms with Gasteiger partial charge < -0.3 is 4.74 Å². The lowest BCUT2D eigenvalue weighted by Crippen LogP contribution is -2.54. The minimum atomic E-state index is -1.18. The van der Waals surface area contributed by atoms with E-state index < -0.39 is 29.6 Å². The van der Waals surface area contributed by atoms with E-state index in [9.17, 15) is 14.4 Å². The van der Waals surface area contributed by atoms with Gasteiger partial charge in [-0.25, -0.2) is 4.98 Å². The molecule has 0 spiro atoms. The predicted molar refractivity (Wildman–Crippen MR) is 114 cm³/mol. The molecule has 3 aromatic rings. The molecular formula is C22H19N3O4S. The highest BCUT2D eigenvalue weighted by Crippen LogP contribution is 2.39. The van der Waals surface area contributed by atoms with Crippen molar-refractivity contribution in [3.63, 3.8) is 0 Å². The van der Waals surface area contributed by atoms with Crippen molar-refractivity contribution in [3.8, 4) is 27.7 Å². The summed E-state index contributed by atoms with van der Waals surface area (Å²) in [5, 5.41) is 2.67. The van der Waals surface area contributed by atoms with Crippen LogP contribution in [0.5, 0.6) is 5.75 Å². The molecule has 0 bridgehead atoms. The summed E-state index contributed by atoms with van der Waals surface area (Å²) in [6.45, 7) is 4.22. The van der Waals surface area contributed by atoms with Crippen LogP contribution in [0.4, 0.5) is 5.69 Å². The molecule has 4 rings (SSSR count). The van der Waals surface area contributed by atoms with Gasteiger partial charge in [-0.3, -0.25) is 24.3 Å². The maximum atomic E-state index is 12.8. The Hall–Kier alpha value is -3.39. The first-order valence-corrected chi connectivity index (χ1v) is 10.3. The molecule has 0 aliphatic carbocycles. The number of ketones is 2. The number of fused-ring (bicyclic) bond motifs is 1. The quantitative estimate of drug-likeness (QED) is 0.586. The molecule has 1 atom stereocenters. The largest absolute Gasteiger partial charge is 0.479 e. The van der Waals surface area contributed by atoms with Crippen LogP contribution in [0.25, 0.3) is 22.0 Å². The molecule has 1 unspecified atom stereocenters. The number of pyridine rings is 1. The van der Waals surface area contributed by atoms with Crippen molar-refractivity contribution < 1.29 is 19.1 Å². The smallest absolute Gasteiger partial charge is 0.268 e. The molecule has 2 aromatic heterocycles. The Bertz CT molecular complexity index is 1130. The van der Waals surface area contributed by atoms with Crippen LogP contribution in [0.2, 0.25) is 0 Å². The van der Waals surface area contributed by atoms with Crippen LogP contribution in [0.1, 0.15) is 20.8 Å². The van der Waals surface area contributed by atoms with E-state index in [1.807, 2.05) is 29.6 Å². The minimum Gasteiger partial charge on any atom is -0.479 e. The highest BCUT2D eigenvalue weighted by Gasteiger charge is 2.40. The summed E-state index contributed by atoms with van der Waals surface area (Å²) in [5.41, 5.74) is 2.61. The van der Waals surface area contributed by atoms with Crippen LogP contribution in [0, 0.1) is 0 Å². The summed E-state index contributed by atoms with van der Waals surface area (Å²) in [7, 11) is 0. The lowest BCUT2D eigenvalue weighted by Gasteiger charge is -2.36. The monoisotopic (exact) mass is 421 g/mol. The van der Waals surface area contributed by atoms with Crippen molar-refractivity contribution in [1.29, 1.82) is 0 Å². The maximum Gasteiger partial charge on any atom is 0.268 e. The molecule has 1 aliphatic heterocycles. The van der Waals surface area contributed by atoms with Crippen LogP contribution in [-0.2, 0) is 14.4 Å². The first kappa shape index (κ1) is 19.9. The number of nitrogens with zero attached hydrogens (tertiary/aromatic N) is 3. The number of hydrogen-bond acceptors (Lipinski definition) is 7. The van der Waals surface area contributed by atoms with Gasteiger partial charge in [0, 0.05) is 17.1 Å².